The first kappa shape index (κ1) is 14.0. The Balaban J connectivity index is 2.15. The Labute approximate surface area is 112 Å². The Bertz CT molecular complexity index is 396. The van der Waals surface area contributed by atoms with Crippen LogP contribution in [0.3, 0.4) is 0 Å². The SMILES string of the molecule is CCCC1C(=O)NC(=O)N(C2CCOC(C)C2)C1=O. The summed E-state index contributed by atoms with van der Waals surface area (Å²) in [5.74, 6) is -1.54. The maximum absolute atomic E-state index is 12.3. The second-order valence-corrected chi connectivity index (χ2v) is 5.20. The van der Waals surface area contributed by atoms with E-state index in [2.05, 4.69) is 5.32 Å². The maximum Gasteiger partial charge on any atom is 0.331 e. The number of amides is 4. The van der Waals surface area contributed by atoms with Crippen LogP contribution in [0.25, 0.3) is 0 Å². The fraction of sp³-hybridized carbons (Fsp3) is 0.769. The van der Waals surface area contributed by atoms with Gasteiger partial charge in [0.15, 0.2) is 0 Å². The van der Waals surface area contributed by atoms with Gasteiger partial charge < -0.3 is 4.74 Å². The van der Waals surface area contributed by atoms with E-state index in [1.165, 1.54) is 4.90 Å². The number of nitrogens with zero attached hydrogens (tertiary/aromatic N) is 1. The van der Waals surface area contributed by atoms with E-state index < -0.39 is 17.9 Å². The third-order valence-electron chi connectivity index (χ3n) is 3.70. The van der Waals surface area contributed by atoms with Gasteiger partial charge in [-0.3, -0.25) is 19.8 Å². The van der Waals surface area contributed by atoms with Gasteiger partial charge in [-0.25, -0.2) is 4.79 Å². The van der Waals surface area contributed by atoms with Crippen LogP contribution in [0.4, 0.5) is 4.79 Å². The molecule has 19 heavy (non-hydrogen) atoms. The maximum atomic E-state index is 12.3. The van der Waals surface area contributed by atoms with Gasteiger partial charge in [-0.05, 0) is 26.2 Å². The number of barbiturate groups is 1. The predicted octanol–water partition coefficient (Wildman–Crippen LogP) is 1.05. The van der Waals surface area contributed by atoms with Crippen molar-refractivity contribution in [2.24, 2.45) is 5.92 Å². The molecule has 2 aliphatic rings. The summed E-state index contributed by atoms with van der Waals surface area (Å²) in [6.07, 6.45) is 2.51. The number of carbonyl (C=O) groups is 3. The van der Waals surface area contributed by atoms with Crippen LogP contribution < -0.4 is 5.32 Å². The van der Waals surface area contributed by atoms with E-state index >= 15 is 0 Å². The normalized spacial score (nSPS) is 32.4. The molecule has 2 heterocycles. The van der Waals surface area contributed by atoms with Crippen LogP contribution in [0.15, 0.2) is 0 Å². The van der Waals surface area contributed by atoms with Gasteiger partial charge in [-0.1, -0.05) is 13.3 Å². The number of ether oxygens (including phenoxy) is 1. The lowest BCUT2D eigenvalue weighted by molar-refractivity contribution is -0.146. The summed E-state index contributed by atoms with van der Waals surface area (Å²) in [7, 11) is 0. The van der Waals surface area contributed by atoms with Crippen molar-refractivity contribution in [3.05, 3.63) is 0 Å². The molecule has 2 rings (SSSR count). The molecule has 6 nitrogen and oxygen atoms in total. The molecule has 1 N–H and O–H groups in total. The number of imide groups is 2. The molecule has 3 unspecified atom stereocenters. The first-order valence-corrected chi connectivity index (χ1v) is 6.84. The van der Waals surface area contributed by atoms with Crippen LogP contribution in [0.1, 0.15) is 39.5 Å². The summed E-state index contributed by atoms with van der Waals surface area (Å²) in [6.45, 7) is 4.38. The third kappa shape index (κ3) is 2.78. The fourth-order valence-corrected chi connectivity index (χ4v) is 2.73. The highest BCUT2D eigenvalue weighted by Crippen LogP contribution is 2.24. The minimum Gasteiger partial charge on any atom is -0.378 e. The molecule has 0 aromatic rings. The van der Waals surface area contributed by atoms with Crippen LogP contribution in [0, 0.1) is 5.92 Å². The van der Waals surface area contributed by atoms with Crippen molar-refractivity contribution in [1.29, 1.82) is 0 Å². The predicted molar refractivity (Wildman–Crippen MR) is 67.2 cm³/mol. The van der Waals surface area contributed by atoms with Crippen LogP contribution in [-0.4, -0.2) is 41.5 Å². The van der Waals surface area contributed by atoms with Crippen molar-refractivity contribution in [2.75, 3.05) is 6.61 Å². The van der Waals surface area contributed by atoms with Gasteiger partial charge in [0.1, 0.15) is 5.92 Å². The zero-order chi connectivity index (χ0) is 14.0. The lowest BCUT2D eigenvalue weighted by Crippen LogP contribution is -2.61. The minimum atomic E-state index is -0.721. The van der Waals surface area contributed by atoms with E-state index in [4.69, 9.17) is 4.74 Å². The average molecular weight is 268 g/mol. The van der Waals surface area contributed by atoms with Gasteiger partial charge in [0, 0.05) is 12.6 Å². The smallest absolute Gasteiger partial charge is 0.331 e. The number of nitrogens with one attached hydrogen (secondary N) is 1. The summed E-state index contributed by atoms with van der Waals surface area (Å²) in [5.41, 5.74) is 0. The van der Waals surface area contributed by atoms with E-state index in [-0.39, 0.29) is 18.1 Å². The average Bonchev–Trinajstić information content (AvgIpc) is 2.34. The molecular formula is C13H20N2O4. The lowest BCUT2D eigenvalue weighted by Gasteiger charge is -2.39. The minimum absolute atomic E-state index is 0.0293. The van der Waals surface area contributed by atoms with E-state index in [1.54, 1.807) is 0 Å². The van der Waals surface area contributed by atoms with E-state index in [0.717, 1.165) is 6.42 Å². The number of carbonyl (C=O) groups excluding carboxylic acids is 3. The zero-order valence-electron chi connectivity index (χ0n) is 11.3. The van der Waals surface area contributed by atoms with Crippen molar-refractivity contribution in [3.8, 4) is 0 Å². The second kappa shape index (κ2) is 5.69. The van der Waals surface area contributed by atoms with Gasteiger partial charge >= 0.3 is 6.03 Å². The monoisotopic (exact) mass is 268 g/mol. The Kier molecular flexibility index (Phi) is 4.19. The summed E-state index contributed by atoms with van der Waals surface area (Å²) >= 11 is 0. The van der Waals surface area contributed by atoms with Crippen LogP contribution in [0.5, 0.6) is 0 Å². The van der Waals surface area contributed by atoms with Gasteiger partial charge in [-0.2, -0.15) is 0 Å². The van der Waals surface area contributed by atoms with E-state index in [0.29, 0.717) is 25.9 Å². The molecule has 2 fully saturated rings. The van der Waals surface area contributed by atoms with Crippen LogP contribution >= 0.6 is 0 Å². The highest BCUT2D eigenvalue weighted by Gasteiger charge is 2.43. The number of hydrogen-bond donors (Lipinski definition) is 1. The topological polar surface area (TPSA) is 75.7 Å². The van der Waals surface area contributed by atoms with Crippen molar-refractivity contribution in [1.82, 2.24) is 10.2 Å². The molecule has 0 spiro atoms. The quantitative estimate of drug-likeness (QED) is 0.776. The Morgan fingerprint density at radius 1 is 1.37 bits per heavy atom. The fourth-order valence-electron chi connectivity index (χ4n) is 2.73. The molecule has 3 atom stereocenters. The van der Waals surface area contributed by atoms with Crippen molar-refractivity contribution < 1.29 is 19.1 Å². The third-order valence-corrected chi connectivity index (χ3v) is 3.70. The Morgan fingerprint density at radius 3 is 2.74 bits per heavy atom. The Morgan fingerprint density at radius 2 is 2.11 bits per heavy atom. The standard InChI is InChI=1S/C13H20N2O4/c1-3-4-10-11(16)14-13(18)15(12(10)17)9-5-6-19-8(2)7-9/h8-10H,3-7H2,1-2H3,(H,14,16,18). The summed E-state index contributed by atoms with van der Waals surface area (Å²) in [6, 6.07) is -0.745. The van der Waals surface area contributed by atoms with Crippen LogP contribution in [0.2, 0.25) is 0 Å². The molecule has 0 saturated carbocycles. The number of hydrogen-bond acceptors (Lipinski definition) is 4. The van der Waals surface area contributed by atoms with Gasteiger partial charge in [0.05, 0.1) is 6.10 Å². The second-order valence-electron chi connectivity index (χ2n) is 5.20. The first-order valence-electron chi connectivity index (χ1n) is 6.84. The molecule has 0 aromatic heterocycles. The Hall–Kier alpha value is -1.43. The summed E-state index contributed by atoms with van der Waals surface area (Å²) < 4.78 is 5.43. The molecule has 0 radical (unpaired) electrons. The van der Waals surface area contributed by atoms with E-state index in [1.807, 2.05) is 13.8 Å². The van der Waals surface area contributed by atoms with Crippen molar-refractivity contribution in [2.45, 2.75) is 51.7 Å². The molecule has 2 saturated heterocycles. The largest absolute Gasteiger partial charge is 0.378 e. The van der Waals surface area contributed by atoms with Crippen molar-refractivity contribution in [3.63, 3.8) is 0 Å². The highest BCUT2D eigenvalue weighted by atomic mass is 16.5. The van der Waals surface area contributed by atoms with Crippen molar-refractivity contribution >= 4 is 17.8 Å². The summed E-state index contributed by atoms with van der Waals surface area (Å²) in [5, 5.41) is 2.29. The molecule has 0 aliphatic carbocycles. The highest BCUT2D eigenvalue weighted by molar-refractivity contribution is 6.16. The zero-order valence-corrected chi connectivity index (χ0v) is 11.3. The molecule has 0 aromatic carbocycles. The van der Waals surface area contributed by atoms with Crippen LogP contribution in [-0.2, 0) is 14.3 Å². The molecule has 106 valence electrons. The van der Waals surface area contributed by atoms with Gasteiger partial charge in [0.25, 0.3) is 0 Å². The summed E-state index contributed by atoms with van der Waals surface area (Å²) in [4.78, 5) is 37.2. The molecular weight excluding hydrogens is 248 g/mol. The molecule has 4 amide bonds. The van der Waals surface area contributed by atoms with Gasteiger partial charge in [0.2, 0.25) is 11.8 Å². The molecule has 2 aliphatic heterocycles. The van der Waals surface area contributed by atoms with Gasteiger partial charge in [-0.15, -0.1) is 0 Å². The molecule has 0 bridgehead atoms. The number of rotatable bonds is 3. The molecule has 6 heteroatoms. The number of urea groups is 1. The first-order chi connectivity index (χ1) is 9.04. The van der Waals surface area contributed by atoms with E-state index in [9.17, 15) is 14.4 Å². The lowest BCUT2D eigenvalue weighted by atomic mass is 9.95.